The van der Waals surface area contributed by atoms with Gasteiger partial charge in [0.1, 0.15) is 53.5 Å². The van der Waals surface area contributed by atoms with Crippen LogP contribution in [0.25, 0.3) is 21.9 Å². The molecule has 2 aromatic heterocycles. The van der Waals surface area contributed by atoms with Crippen LogP contribution in [0.3, 0.4) is 0 Å². The summed E-state index contributed by atoms with van der Waals surface area (Å²) in [6.07, 6.45) is -1.12. The monoisotopic (exact) mass is 759 g/mol. The Kier molecular flexibility index (Phi) is 14.5. The summed E-state index contributed by atoms with van der Waals surface area (Å²) in [7, 11) is 4.12. The predicted molar refractivity (Wildman–Crippen MR) is 202 cm³/mol. The van der Waals surface area contributed by atoms with Crippen molar-refractivity contribution in [1.82, 2.24) is 4.90 Å². The molecule has 1 atom stereocenters. The summed E-state index contributed by atoms with van der Waals surface area (Å²) >= 11 is 0. The van der Waals surface area contributed by atoms with Crippen LogP contribution >= 0.6 is 12.4 Å². The summed E-state index contributed by atoms with van der Waals surface area (Å²) in [5, 5.41) is 28.3. The molecule has 282 valence electrons. The van der Waals surface area contributed by atoms with Gasteiger partial charge in [-0.2, -0.15) is 0 Å². The molecule has 6 aromatic rings. The Morgan fingerprint density at radius 2 is 1.28 bits per heavy atom. The molecule has 0 bridgehead atoms. The smallest absolute Gasteiger partial charge is 0.371 e. The zero-order valence-corrected chi connectivity index (χ0v) is 30.1. The number of rotatable bonds is 14. The lowest BCUT2D eigenvalue weighted by molar-refractivity contribution is 0.0631. The van der Waals surface area contributed by atoms with Crippen LogP contribution in [-0.2, 0) is 4.74 Å². The summed E-state index contributed by atoms with van der Waals surface area (Å²) in [5.74, 6) is -3.42. The SMILES string of the molecule is CN(C)CCOC(c1ccccc1)c1ccccc1.Cl.O=C(O)c1cc(=O)c2cc(OCC(O)COc3cccc4oc(C(=O)O)cc(=O)c34)ccc2o1. The van der Waals surface area contributed by atoms with Gasteiger partial charge in [0.25, 0.3) is 0 Å². The second kappa shape index (κ2) is 19.2. The molecule has 4 aromatic carbocycles. The number of carboxylic acids is 2. The number of aliphatic hydroxyl groups is 1. The Hall–Kier alpha value is -5.99. The van der Waals surface area contributed by atoms with Crippen LogP contribution in [-0.4, -0.2) is 78.7 Å². The third-order valence-electron chi connectivity index (χ3n) is 7.74. The van der Waals surface area contributed by atoms with E-state index in [-0.39, 0.29) is 65.2 Å². The molecule has 0 radical (unpaired) electrons. The minimum absolute atomic E-state index is 0. The zero-order chi connectivity index (χ0) is 37.9. The van der Waals surface area contributed by atoms with Crippen LogP contribution in [0.2, 0.25) is 0 Å². The van der Waals surface area contributed by atoms with Crippen molar-refractivity contribution in [3.05, 3.63) is 152 Å². The lowest BCUT2D eigenvalue weighted by Crippen LogP contribution is -2.25. The minimum Gasteiger partial charge on any atom is -0.491 e. The van der Waals surface area contributed by atoms with E-state index >= 15 is 0 Å². The summed E-state index contributed by atoms with van der Waals surface area (Å²) < 4.78 is 27.4. The highest BCUT2D eigenvalue weighted by atomic mass is 35.5. The largest absolute Gasteiger partial charge is 0.491 e. The van der Waals surface area contributed by atoms with Crippen molar-refractivity contribution in [1.29, 1.82) is 0 Å². The van der Waals surface area contributed by atoms with Crippen LogP contribution in [0.4, 0.5) is 0 Å². The molecule has 0 saturated carbocycles. The van der Waals surface area contributed by atoms with Crippen LogP contribution in [0.5, 0.6) is 11.5 Å². The minimum atomic E-state index is -1.38. The van der Waals surface area contributed by atoms with Gasteiger partial charge in [-0.05, 0) is 55.6 Å². The van der Waals surface area contributed by atoms with Gasteiger partial charge in [-0.25, -0.2) is 9.59 Å². The van der Waals surface area contributed by atoms with E-state index in [2.05, 4.69) is 67.5 Å². The van der Waals surface area contributed by atoms with Crippen molar-refractivity contribution in [2.45, 2.75) is 12.2 Å². The number of benzene rings is 4. The van der Waals surface area contributed by atoms with Crippen molar-refractivity contribution in [3.8, 4) is 11.5 Å². The third-order valence-corrected chi connectivity index (χ3v) is 7.74. The third kappa shape index (κ3) is 10.8. The Morgan fingerprint density at radius 3 is 1.87 bits per heavy atom. The second-order valence-corrected chi connectivity index (χ2v) is 12.0. The Labute approximate surface area is 315 Å². The summed E-state index contributed by atoms with van der Waals surface area (Å²) in [5.41, 5.74) is 1.32. The fraction of sp³-hybridized carbons (Fsp3) is 0.200. The molecule has 0 spiro atoms. The number of carbonyl (C=O) groups is 2. The van der Waals surface area contributed by atoms with Crippen LogP contribution in [0.15, 0.2) is 128 Å². The molecule has 0 amide bonds. The number of nitrogens with zero attached hydrogens (tertiary/aromatic N) is 1. The van der Waals surface area contributed by atoms with E-state index in [4.69, 9.17) is 33.3 Å². The highest BCUT2D eigenvalue weighted by Crippen LogP contribution is 2.26. The number of fused-ring (bicyclic) bond motifs is 2. The maximum absolute atomic E-state index is 12.3. The van der Waals surface area contributed by atoms with E-state index in [0.29, 0.717) is 0 Å². The molecule has 54 heavy (non-hydrogen) atoms. The van der Waals surface area contributed by atoms with Gasteiger partial charge < -0.3 is 43.3 Å². The number of likely N-dealkylation sites (N-methyl/N-ethyl adjacent to an activating group) is 1. The Bertz CT molecular complexity index is 2250. The quantitative estimate of drug-likeness (QED) is 0.119. The highest BCUT2D eigenvalue weighted by molar-refractivity contribution is 5.90. The lowest BCUT2D eigenvalue weighted by Gasteiger charge is -2.20. The number of hydrogen-bond donors (Lipinski definition) is 3. The number of halogens is 1. The van der Waals surface area contributed by atoms with E-state index in [9.17, 15) is 24.3 Å². The standard InChI is InChI=1S/C23H16O11.C17H21NO.ClH/c24-11(9-31-12-4-5-16-13(6-12)14(25)7-19(33-16)22(27)28)10-32-17-2-1-3-18-21(17)15(26)8-20(34-18)23(29)30;1-18(2)13-14-19-17(15-9-5-3-6-10-15)16-11-7-4-8-12-16;/h1-8,11,24H,9-10H2,(H,27,28)(H,29,30);3-12,17H,13-14H2,1-2H3;1H. The molecule has 0 aliphatic rings. The first-order valence-corrected chi connectivity index (χ1v) is 16.4. The van der Waals surface area contributed by atoms with Crippen molar-refractivity contribution in [2.75, 3.05) is 40.5 Å². The van der Waals surface area contributed by atoms with Crippen molar-refractivity contribution in [2.24, 2.45) is 0 Å². The summed E-state index contributed by atoms with van der Waals surface area (Å²) in [6.45, 7) is 1.15. The number of aliphatic hydroxyl groups excluding tert-OH is 1. The topological polar surface area (TPSA) is 186 Å². The molecule has 0 saturated heterocycles. The molecule has 1 unspecified atom stereocenters. The molecule has 3 N–H and O–H groups in total. The molecule has 2 heterocycles. The van der Waals surface area contributed by atoms with Crippen molar-refractivity contribution < 1.29 is 48.0 Å². The van der Waals surface area contributed by atoms with Gasteiger partial charge in [0.05, 0.1) is 12.0 Å². The number of carboxylic acid groups (broad SMARTS) is 2. The van der Waals surface area contributed by atoms with Crippen LogP contribution in [0.1, 0.15) is 38.3 Å². The van der Waals surface area contributed by atoms with Crippen molar-refractivity contribution >= 4 is 46.3 Å². The maximum Gasteiger partial charge on any atom is 0.371 e. The normalized spacial score (nSPS) is 11.4. The molecule has 0 aliphatic heterocycles. The van der Waals surface area contributed by atoms with E-state index < -0.39 is 40.4 Å². The summed E-state index contributed by atoms with van der Waals surface area (Å²) in [6, 6.07) is 31.0. The van der Waals surface area contributed by atoms with Gasteiger partial charge in [-0.1, -0.05) is 66.7 Å². The number of ether oxygens (including phenoxy) is 3. The molecular weight excluding hydrogens is 722 g/mol. The first-order valence-electron chi connectivity index (χ1n) is 16.4. The van der Waals surface area contributed by atoms with E-state index in [1.54, 1.807) is 0 Å². The second-order valence-electron chi connectivity index (χ2n) is 12.0. The van der Waals surface area contributed by atoms with E-state index in [1.165, 1.54) is 47.5 Å². The van der Waals surface area contributed by atoms with Gasteiger partial charge in [0.2, 0.25) is 11.5 Å². The molecule has 6 rings (SSSR count). The van der Waals surface area contributed by atoms with E-state index in [0.717, 1.165) is 25.3 Å². The fourth-order valence-corrected chi connectivity index (χ4v) is 5.15. The van der Waals surface area contributed by atoms with Crippen LogP contribution in [0, 0.1) is 0 Å². The lowest BCUT2D eigenvalue weighted by atomic mass is 10.0. The average Bonchev–Trinajstić information content (AvgIpc) is 3.15. The van der Waals surface area contributed by atoms with Gasteiger partial charge in [-0.3, -0.25) is 9.59 Å². The number of aromatic carboxylic acids is 2. The molecule has 0 aliphatic carbocycles. The van der Waals surface area contributed by atoms with E-state index in [1.807, 2.05) is 12.1 Å². The average molecular weight is 760 g/mol. The van der Waals surface area contributed by atoms with Crippen molar-refractivity contribution in [3.63, 3.8) is 0 Å². The van der Waals surface area contributed by atoms with Crippen LogP contribution < -0.4 is 20.3 Å². The first kappa shape index (κ1) is 40.8. The maximum atomic E-state index is 12.3. The highest BCUT2D eigenvalue weighted by Gasteiger charge is 2.17. The van der Waals surface area contributed by atoms with Gasteiger partial charge >= 0.3 is 11.9 Å². The van der Waals surface area contributed by atoms with Gasteiger partial charge in [0, 0.05) is 18.7 Å². The molecule has 13 nitrogen and oxygen atoms in total. The Morgan fingerprint density at radius 1 is 0.704 bits per heavy atom. The molecule has 0 fully saturated rings. The molecule has 14 heteroatoms. The zero-order valence-electron chi connectivity index (χ0n) is 29.2. The molecular formula is C40H38ClNO12. The fourth-order valence-electron chi connectivity index (χ4n) is 5.15. The summed E-state index contributed by atoms with van der Waals surface area (Å²) in [4.78, 5) is 48.6. The predicted octanol–water partition coefficient (Wildman–Crippen LogP) is 5.89. The van der Waals surface area contributed by atoms with Gasteiger partial charge in [-0.15, -0.1) is 12.4 Å². The van der Waals surface area contributed by atoms with Gasteiger partial charge in [0.15, 0.2) is 10.9 Å². The Balaban J connectivity index is 0.000000276. The first-order chi connectivity index (χ1) is 25.5. The number of hydrogen-bond acceptors (Lipinski definition) is 11.